The standard InChI is InChI=1S/2C8H15NOS.BFH2O2/c2*1-3-7-8(10-4-2)9-5-6-11-7;2-1(3)4/h2*7H,3-6H2,1-2H3;3-4H. The van der Waals surface area contributed by atoms with Crippen LogP contribution in [0.5, 0.6) is 0 Å². The van der Waals surface area contributed by atoms with Crippen LogP contribution < -0.4 is 0 Å². The number of ether oxygens (including phenoxy) is 2. The molecule has 0 radical (unpaired) electrons. The third-order valence-corrected chi connectivity index (χ3v) is 5.94. The summed E-state index contributed by atoms with van der Waals surface area (Å²) in [6, 6.07) is 0. The third kappa shape index (κ3) is 12.0. The van der Waals surface area contributed by atoms with Gasteiger partial charge in [-0.1, -0.05) is 13.8 Å². The summed E-state index contributed by atoms with van der Waals surface area (Å²) in [4.78, 5) is 8.69. The lowest BCUT2D eigenvalue weighted by Gasteiger charge is -2.20. The number of thioether (sulfide) groups is 2. The van der Waals surface area contributed by atoms with E-state index < -0.39 is 7.40 Å². The molecule has 6 nitrogen and oxygen atoms in total. The normalized spacial score (nSPS) is 21.8. The second-order valence-electron chi connectivity index (χ2n) is 5.15. The van der Waals surface area contributed by atoms with Gasteiger partial charge in [-0.15, -0.1) is 23.5 Å². The maximum Gasteiger partial charge on any atom is 0.674 e. The van der Waals surface area contributed by atoms with Crippen LogP contribution in [0.25, 0.3) is 0 Å². The smallest absolute Gasteiger partial charge is 0.480 e. The van der Waals surface area contributed by atoms with Crippen LogP contribution in [0.3, 0.4) is 0 Å². The van der Waals surface area contributed by atoms with E-state index in [4.69, 9.17) is 19.5 Å². The number of hydrogen-bond donors (Lipinski definition) is 2. The topological polar surface area (TPSA) is 83.6 Å². The van der Waals surface area contributed by atoms with E-state index in [9.17, 15) is 4.32 Å². The predicted octanol–water partition coefficient (Wildman–Crippen LogP) is 2.82. The van der Waals surface area contributed by atoms with Crippen molar-refractivity contribution in [3.05, 3.63) is 0 Å². The summed E-state index contributed by atoms with van der Waals surface area (Å²) in [5.41, 5.74) is 0. The van der Waals surface area contributed by atoms with Crippen LogP contribution in [-0.4, -0.2) is 77.5 Å². The minimum absolute atomic E-state index is 0.517. The Morgan fingerprint density at radius 1 is 0.923 bits per heavy atom. The predicted molar refractivity (Wildman–Crippen MR) is 112 cm³/mol. The van der Waals surface area contributed by atoms with Gasteiger partial charge in [0.05, 0.1) is 36.8 Å². The first-order valence-corrected chi connectivity index (χ1v) is 11.2. The maximum absolute atomic E-state index is 10.1. The molecule has 0 amide bonds. The van der Waals surface area contributed by atoms with Gasteiger partial charge in [0.15, 0.2) is 11.8 Å². The van der Waals surface area contributed by atoms with Crippen molar-refractivity contribution in [3.63, 3.8) is 0 Å². The molecule has 10 heteroatoms. The summed E-state index contributed by atoms with van der Waals surface area (Å²) in [5.74, 6) is 4.22. The third-order valence-electron chi connectivity index (χ3n) is 3.23. The summed E-state index contributed by atoms with van der Waals surface area (Å²) in [6.45, 7) is 11.7. The molecule has 0 aliphatic carbocycles. The largest absolute Gasteiger partial charge is 0.674 e. The average Bonchev–Trinajstić information content (AvgIpc) is 2.63. The second-order valence-corrected chi connectivity index (χ2v) is 7.77. The van der Waals surface area contributed by atoms with Crippen LogP contribution in [0.1, 0.15) is 40.5 Å². The van der Waals surface area contributed by atoms with Crippen molar-refractivity contribution < 1.29 is 23.8 Å². The molecule has 0 aromatic carbocycles. The number of aliphatic imine (C=N–C) groups is 2. The molecule has 0 bridgehead atoms. The molecule has 0 fully saturated rings. The Morgan fingerprint density at radius 2 is 1.27 bits per heavy atom. The Bertz CT molecular complexity index is 381. The lowest BCUT2D eigenvalue weighted by Crippen LogP contribution is -2.24. The van der Waals surface area contributed by atoms with E-state index in [0.29, 0.717) is 10.5 Å². The van der Waals surface area contributed by atoms with E-state index in [1.165, 1.54) is 0 Å². The zero-order chi connectivity index (χ0) is 19.8. The summed E-state index contributed by atoms with van der Waals surface area (Å²) < 4.78 is 20.9. The van der Waals surface area contributed by atoms with Gasteiger partial charge in [-0.3, -0.25) is 14.3 Å². The molecule has 2 unspecified atom stereocenters. The number of rotatable bonds is 4. The summed E-state index contributed by atoms with van der Waals surface area (Å²) in [5, 5.41) is 14.9. The van der Waals surface area contributed by atoms with Crippen molar-refractivity contribution in [2.24, 2.45) is 9.98 Å². The van der Waals surface area contributed by atoms with E-state index in [-0.39, 0.29) is 0 Å². The minimum atomic E-state index is -2.67. The van der Waals surface area contributed by atoms with Crippen molar-refractivity contribution >= 4 is 42.7 Å². The first-order chi connectivity index (χ1) is 12.5. The van der Waals surface area contributed by atoms with E-state index in [1.807, 2.05) is 37.4 Å². The highest BCUT2D eigenvalue weighted by atomic mass is 32.2. The average molecular weight is 410 g/mol. The van der Waals surface area contributed by atoms with Crippen LogP contribution in [0.15, 0.2) is 9.98 Å². The van der Waals surface area contributed by atoms with Crippen LogP contribution in [0.2, 0.25) is 0 Å². The lowest BCUT2D eigenvalue weighted by molar-refractivity contribution is 0.316. The van der Waals surface area contributed by atoms with Gasteiger partial charge in [0.1, 0.15) is 0 Å². The van der Waals surface area contributed by atoms with Crippen molar-refractivity contribution in [1.29, 1.82) is 0 Å². The monoisotopic (exact) mass is 410 g/mol. The summed E-state index contributed by atoms with van der Waals surface area (Å²) in [6.07, 6.45) is 2.26. The van der Waals surface area contributed by atoms with Gasteiger partial charge in [-0.25, -0.2) is 0 Å². The fourth-order valence-corrected chi connectivity index (χ4v) is 4.21. The molecule has 2 rings (SSSR count). The molecule has 0 saturated heterocycles. The fourth-order valence-electron chi connectivity index (χ4n) is 2.21. The van der Waals surface area contributed by atoms with Crippen molar-refractivity contribution in [3.8, 4) is 0 Å². The molecule has 152 valence electrons. The molecule has 0 aromatic rings. The van der Waals surface area contributed by atoms with Gasteiger partial charge in [0, 0.05) is 11.5 Å². The van der Waals surface area contributed by atoms with Crippen molar-refractivity contribution in [1.82, 2.24) is 0 Å². The van der Waals surface area contributed by atoms with E-state index in [2.05, 4.69) is 23.8 Å². The summed E-state index contributed by atoms with van der Waals surface area (Å²) in [7, 11) is -2.67. The number of halogens is 1. The van der Waals surface area contributed by atoms with Gasteiger partial charge < -0.3 is 19.5 Å². The number of nitrogens with zero attached hydrogens (tertiary/aromatic N) is 2. The Labute approximate surface area is 165 Å². The van der Waals surface area contributed by atoms with Crippen LogP contribution in [0.4, 0.5) is 4.32 Å². The van der Waals surface area contributed by atoms with Crippen molar-refractivity contribution in [2.45, 2.75) is 51.0 Å². The molecule has 2 N–H and O–H groups in total. The second kappa shape index (κ2) is 16.7. The molecule has 2 atom stereocenters. The van der Waals surface area contributed by atoms with E-state index >= 15 is 0 Å². The van der Waals surface area contributed by atoms with Gasteiger partial charge in [0.2, 0.25) is 0 Å². The molecule has 0 spiro atoms. The highest BCUT2D eigenvalue weighted by molar-refractivity contribution is 8.00. The molecule has 2 aliphatic rings. The molecule has 0 aromatic heterocycles. The maximum atomic E-state index is 10.1. The molecular formula is C16H32BFN2O4S2. The van der Waals surface area contributed by atoms with Crippen LogP contribution in [-0.2, 0) is 9.47 Å². The van der Waals surface area contributed by atoms with Crippen LogP contribution >= 0.6 is 23.5 Å². The van der Waals surface area contributed by atoms with Gasteiger partial charge >= 0.3 is 7.40 Å². The zero-order valence-corrected chi connectivity index (χ0v) is 17.8. The first-order valence-electron chi connectivity index (χ1n) is 9.07. The fraction of sp³-hybridized carbons (Fsp3) is 0.875. The highest BCUT2D eigenvalue weighted by Crippen LogP contribution is 2.21. The molecule has 0 saturated carbocycles. The van der Waals surface area contributed by atoms with Gasteiger partial charge in [-0.2, -0.15) is 0 Å². The Balaban J connectivity index is 0.000000401. The quantitative estimate of drug-likeness (QED) is 0.694. The lowest BCUT2D eigenvalue weighted by atomic mass is 10.3. The molecule has 2 aliphatic heterocycles. The molecule has 2 heterocycles. The first kappa shape index (κ1) is 25.6. The van der Waals surface area contributed by atoms with Crippen molar-refractivity contribution in [2.75, 3.05) is 37.8 Å². The molecule has 26 heavy (non-hydrogen) atoms. The van der Waals surface area contributed by atoms with Gasteiger partial charge in [0.25, 0.3) is 0 Å². The highest BCUT2D eigenvalue weighted by Gasteiger charge is 2.19. The Kier molecular flexibility index (Phi) is 16.4. The zero-order valence-electron chi connectivity index (χ0n) is 16.2. The minimum Gasteiger partial charge on any atom is -0.480 e. The Hall–Kier alpha value is -0.445. The number of hydrogen-bond acceptors (Lipinski definition) is 8. The SMILES string of the molecule is CCOC1=NCCSC1CC.CCOC1=NCCSC1CC.OB(O)F. The summed E-state index contributed by atoms with van der Waals surface area (Å²) >= 11 is 3.91. The van der Waals surface area contributed by atoms with E-state index in [1.54, 1.807) is 0 Å². The molecular weight excluding hydrogens is 378 g/mol. The van der Waals surface area contributed by atoms with E-state index in [0.717, 1.165) is 62.4 Å². The Morgan fingerprint density at radius 3 is 1.54 bits per heavy atom. The van der Waals surface area contributed by atoms with Gasteiger partial charge in [-0.05, 0) is 26.7 Å². The van der Waals surface area contributed by atoms with Crippen LogP contribution in [0, 0.1) is 0 Å².